The van der Waals surface area contributed by atoms with Crippen molar-refractivity contribution < 1.29 is 0 Å². The minimum absolute atomic E-state index is 0.397. The Morgan fingerprint density at radius 2 is 2.35 bits per heavy atom. The van der Waals surface area contributed by atoms with Gasteiger partial charge in [0.1, 0.15) is 0 Å². The largest absolute Gasteiger partial charge is 0.326 e. The van der Waals surface area contributed by atoms with Crippen LogP contribution in [0.25, 0.3) is 5.65 Å². The van der Waals surface area contributed by atoms with Gasteiger partial charge in [0.05, 0.1) is 6.04 Å². The molecule has 1 aliphatic heterocycles. The van der Waals surface area contributed by atoms with Crippen molar-refractivity contribution in [3.63, 3.8) is 0 Å². The first-order valence-electron chi connectivity index (χ1n) is 6.03. The second-order valence-corrected chi connectivity index (χ2v) is 4.66. The van der Waals surface area contributed by atoms with Gasteiger partial charge in [-0.2, -0.15) is 0 Å². The summed E-state index contributed by atoms with van der Waals surface area (Å²) in [6, 6.07) is 4.44. The Labute approximate surface area is 100 Å². The van der Waals surface area contributed by atoms with E-state index < -0.39 is 0 Å². The van der Waals surface area contributed by atoms with Gasteiger partial charge in [0.15, 0.2) is 11.5 Å². The van der Waals surface area contributed by atoms with Crippen molar-refractivity contribution in [2.75, 3.05) is 13.6 Å². The Hall–Kier alpha value is -1.46. The average Bonchev–Trinajstić information content (AvgIpc) is 2.94. The molecule has 90 valence electrons. The zero-order valence-electron chi connectivity index (χ0n) is 10.0. The number of rotatable bonds is 2. The van der Waals surface area contributed by atoms with E-state index in [1.54, 1.807) is 0 Å². The molecule has 3 heterocycles. The lowest BCUT2D eigenvalue weighted by atomic mass is 10.2. The number of nitrogens with zero attached hydrogens (tertiary/aromatic N) is 4. The third-order valence-corrected chi connectivity index (χ3v) is 3.55. The summed E-state index contributed by atoms with van der Waals surface area (Å²) >= 11 is 0. The summed E-state index contributed by atoms with van der Waals surface area (Å²) in [6.45, 7) is 1.68. The molecule has 5 heteroatoms. The second-order valence-electron chi connectivity index (χ2n) is 4.66. The minimum atomic E-state index is 0.397. The maximum atomic E-state index is 5.63. The lowest BCUT2D eigenvalue weighted by Crippen LogP contribution is -2.19. The molecular weight excluding hydrogens is 214 g/mol. The summed E-state index contributed by atoms with van der Waals surface area (Å²) in [6.07, 6.45) is 4.42. The molecular formula is C12H17N5. The molecule has 0 radical (unpaired) electrons. The molecule has 0 saturated carbocycles. The van der Waals surface area contributed by atoms with Crippen LogP contribution in [0, 0.1) is 0 Å². The van der Waals surface area contributed by atoms with Crippen molar-refractivity contribution in [3.8, 4) is 0 Å². The SMILES string of the molecule is CN1CCCC1c1nnc2cc(CN)ccn12. The van der Waals surface area contributed by atoms with E-state index in [0.29, 0.717) is 12.6 Å². The van der Waals surface area contributed by atoms with Crippen LogP contribution in [0.5, 0.6) is 0 Å². The number of pyridine rings is 1. The molecule has 1 aliphatic rings. The van der Waals surface area contributed by atoms with Crippen molar-refractivity contribution in [2.45, 2.75) is 25.4 Å². The fourth-order valence-corrected chi connectivity index (χ4v) is 2.54. The highest BCUT2D eigenvalue weighted by Crippen LogP contribution is 2.29. The molecule has 0 amide bonds. The third kappa shape index (κ3) is 1.71. The summed E-state index contributed by atoms with van der Waals surface area (Å²) in [5, 5.41) is 8.57. The third-order valence-electron chi connectivity index (χ3n) is 3.55. The van der Waals surface area contributed by atoms with Gasteiger partial charge in [-0.05, 0) is 44.1 Å². The predicted octanol–water partition coefficient (Wildman–Crippen LogP) is 0.955. The Morgan fingerprint density at radius 1 is 1.47 bits per heavy atom. The summed E-state index contributed by atoms with van der Waals surface area (Å²) in [5.74, 6) is 1.04. The number of aromatic nitrogens is 3. The van der Waals surface area contributed by atoms with E-state index in [0.717, 1.165) is 30.0 Å². The number of likely N-dealkylation sites (tertiary alicyclic amines) is 1. The monoisotopic (exact) mass is 231 g/mol. The van der Waals surface area contributed by atoms with Gasteiger partial charge < -0.3 is 5.73 Å². The van der Waals surface area contributed by atoms with Crippen molar-refractivity contribution in [2.24, 2.45) is 5.73 Å². The average molecular weight is 231 g/mol. The molecule has 1 fully saturated rings. The molecule has 0 aromatic carbocycles. The maximum Gasteiger partial charge on any atom is 0.161 e. The number of fused-ring (bicyclic) bond motifs is 1. The van der Waals surface area contributed by atoms with Crippen LogP contribution in [-0.2, 0) is 6.54 Å². The number of nitrogens with two attached hydrogens (primary N) is 1. The highest BCUT2D eigenvalue weighted by atomic mass is 15.3. The molecule has 1 saturated heterocycles. The van der Waals surface area contributed by atoms with E-state index in [4.69, 9.17) is 5.73 Å². The van der Waals surface area contributed by atoms with Gasteiger partial charge in [0, 0.05) is 12.7 Å². The molecule has 1 unspecified atom stereocenters. The summed E-state index contributed by atoms with van der Waals surface area (Å²) in [4.78, 5) is 2.34. The lowest BCUT2D eigenvalue weighted by Gasteiger charge is -2.17. The smallest absolute Gasteiger partial charge is 0.161 e. The molecule has 0 aliphatic carbocycles. The second kappa shape index (κ2) is 4.09. The normalized spacial score (nSPS) is 21.4. The van der Waals surface area contributed by atoms with Crippen LogP contribution in [0.15, 0.2) is 18.3 Å². The van der Waals surface area contributed by atoms with Crippen molar-refractivity contribution in [3.05, 3.63) is 29.7 Å². The summed E-state index contributed by atoms with van der Waals surface area (Å²) in [5.41, 5.74) is 7.61. The van der Waals surface area contributed by atoms with Gasteiger partial charge in [-0.25, -0.2) is 0 Å². The van der Waals surface area contributed by atoms with Crippen molar-refractivity contribution >= 4 is 5.65 Å². The molecule has 2 N–H and O–H groups in total. The number of hydrogen-bond acceptors (Lipinski definition) is 4. The van der Waals surface area contributed by atoms with Crippen molar-refractivity contribution in [1.29, 1.82) is 0 Å². The fraction of sp³-hybridized carbons (Fsp3) is 0.500. The van der Waals surface area contributed by atoms with E-state index in [2.05, 4.69) is 26.5 Å². The van der Waals surface area contributed by atoms with Crippen LogP contribution in [0.4, 0.5) is 0 Å². The Balaban J connectivity index is 2.06. The molecule has 0 spiro atoms. The van der Waals surface area contributed by atoms with Crippen molar-refractivity contribution in [1.82, 2.24) is 19.5 Å². The molecule has 2 aromatic heterocycles. The van der Waals surface area contributed by atoms with E-state index >= 15 is 0 Å². The minimum Gasteiger partial charge on any atom is -0.326 e. The Bertz CT molecular complexity index is 533. The highest BCUT2D eigenvalue weighted by Gasteiger charge is 2.26. The van der Waals surface area contributed by atoms with E-state index in [9.17, 15) is 0 Å². The topological polar surface area (TPSA) is 59.5 Å². The van der Waals surface area contributed by atoms with Crippen LogP contribution in [0.3, 0.4) is 0 Å². The lowest BCUT2D eigenvalue weighted by molar-refractivity contribution is 0.304. The van der Waals surface area contributed by atoms with Gasteiger partial charge in [-0.1, -0.05) is 0 Å². The fourth-order valence-electron chi connectivity index (χ4n) is 2.54. The van der Waals surface area contributed by atoms with E-state index in [1.165, 1.54) is 6.42 Å². The van der Waals surface area contributed by atoms with Crippen LogP contribution in [-0.4, -0.2) is 33.1 Å². The molecule has 1 atom stereocenters. The van der Waals surface area contributed by atoms with Gasteiger partial charge in [-0.3, -0.25) is 9.30 Å². The van der Waals surface area contributed by atoms with Crippen LogP contribution in [0.2, 0.25) is 0 Å². The molecule has 5 nitrogen and oxygen atoms in total. The zero-order chi connectivity index (χ0) is 11.8. The molecule has 0 bridgehead atoms. The van der Waals surface area contributed by atoms with Crippen LogP contribution < -0.4 is 5.73 Å². The molecule has 3 rings (SSSR count). The Kier molecular flexibility index (Phi) is 2.57. The quantitative estimate of drug-likeness (QED) is 0.836. The molecule has 17 heavy (non-hydrogen) atoms. The summed E-state index contributed by atoms with van der Waals surface area (Å²) in [7, 11) is 2.15. The zero-order valence-corrected chi connectivity index (χ0v) is 10.0. The first-order chi connectivity index (χ1) is 8.29. The van der Waals surface area contributed by atoms with Gasteiger partial charge in [-0.15, -0.1) is 10.2 Å². The summed E-state index contributed by atoms with van der Waals surface area (Å²) < 4.78 is 2.08. The van der Waals surface area contributed by atoms with Gasteiger partial charge >= 0.3 is 0 Å². The number of hydrogen-bond donors (Lipinski definition) is 1. The highest BCUT2D eigenvalue weighted by molar-refractivity contribution is 5.41. The molecule has 2 aromatic rings. The maximum absolute atomic E-state index is 5.63. The van der Waals surface area contributed by atoms with Crippen LogP contribution >= 0.6 is 0 Å². The van der Waals surface area contributed by atoms with Gasteiger partial charge in [0.25, 0.3) is 0 Å². The van der Waals surface area contributed by atoms with E-state index in [1.807, 2.05) is 18.3 Å². The van der Waals surface area contributed by atoms with E-state index in [-0.39, 0.29) is 0 Å². The van der Waals surface area contributed by atoms with Gasteiger partial charge in [0.2, 0.25) is 0 Å². The predicted molar refractivity (Wildman–Crippen MR) is 65.5 cm³/mol. The Morgan fingerprint density at radius 3 is 3.06 bits per heavy atom. The standard InChI is InChI=1S/C12H17N5/c1-16-5-2-3-10(16)12-15-14-11-7-9(8-13)4-6-17(11)12/h4,6-7,10H,2-3,5,8,13H2,1H3. The van der Waals surface area contributed by atoms with Crippen LogP contribution in [0.1, 0.15) is 30.3 Å². The first kappa shape index (κ1) is 10.7. The first-order valence-corrected chi connectivity index (χ1v) is 6.03.